The lowest BCUT2D eigenvalue weighted by Gasteiger charge is -2.37. The van der Waals surface area contributed by atoms with Crippen LogP contribution in [0.4, 0.5) is 0 Å². The Morgan fingerprint density at radius 1 is 1.05 bits per heavy atom. The molecule has 0 aromatic carbocycles. The molecule has 3 heterocycles. The van der Waals surface area contributed by atoms with Gasteiger partial charge >= 0.3 is 0 Å². The Labute approximate surface area is 128 Å². The second kappa shape index (κ2) is 7.56. The molecule has 0 unspecified atom stereocenters. The molecule has 120 valence electrons. The molecule has 0 radical (unpaired) electrons. The minimum absolute atomic E-state index is 0.0922. The quantitative estimate of drug-likeness (QED) is 0.832. The lowest BCUT2D eigenvalue weighted by Crippen LogP contribution is -2.51. The number of nitrogens with zero attached hydrogens (tertiary/aromatic N) is 2. The van der Waals surface area contributed by atoms with E-state index >= 15 is 0 Å². The van der Waals surface area contributed by atoms with E-state index in [2.05, 4.69) is 15.1 Å². The van der Waals surface area contributed by atoms with E-state index in [0.717, 1.165) is 71.1 Å². The van der Waals surface area contributed by atoms with Crippen molar-refractivity contribution in [2.24, 2.45) is 5.92 Å². The van der Waals surface area contributed by atoms with E-state index in [1.54, 1.807) is 0 Å². The first-order chi connectivity index (χ1) is 10.3. The molecule has 1 N–H and O–H groups in total. The monoisotopic (exact) mass is 295 g/mol. The van der Waals surface area contributed by atoms with Crippen LogP contribution in [0.15, 0.2) is 0 Å². The van der Waals surface area contributed by atoms with E-state index in [-0.39, 0.29) is 6.04 Å². The number of amides is 1. The van der Waals surface area contributed by atoms with Gasteiger partial charge in [0, 0.05) is 32.7 Å². The summed E-state index contributed by atoms with van der Waals surface area (Å²) in [5.74, 6) is 1.10. The van der Waals surface area contributed by atoms with Crippen molar-refractivity contribution in [3.8, 4) is 0 Å². The fraction of sp³-hybridized carbons (Fsp3) is 0.938. The lowest BCUT2D eigenvalue weighted by molar-refractivity contribution is -0.135. The van der Waals surface area contributed by atoms with Crippen LogP contribution in [0.1, 0.15) is 32.1 Å². The molecule has 5 nitrogen and oxygen atoms in total. The van der Waals surface area contributed by atoms with Crippen molar-refractivity contribution in [3.05, 3.63) is 0 Å². The van der Waals surface area contributed by atoms with Crippen LogP contribution in [-0.4, -0.2) is 74.2 Å². The second-order valence-electron chi connectivity index (χ2n) is 6.68. The fourth-order valence-corrected chi connectivity index (χ4v) is 3.77. The summed E-state index contributed by atoms with van der Waals surface area (Å²) in [6.07, 6.45) is 5.75. The second-order valence-corrected chi connectivity index (χ2v) is 6.68. The van der Waals surface area contributed by atoms with Gasteiger partial charge in [0.2, 0.25) is 5.91 Å². The largest absolute Gasteiger partial charge is 0.379 e. The van der Waals surface area contributed by atoms with Crippen molar-refractivity contribution >= 4 is 5.91 Å². The van der Waals surface area contributed by atoms with E-state index in [1.165, 1.54) is 19.4 Å². The highest BCUT2D eigenvalue weighted by molar-refractivity contribution is 5.82. The molecule has 21 heavy (non-hydrogen) atoms. The molecule has 0 saturated carbocycles. The zero-order valence-electron chi connectivity index (χ0n) is 13.1. The van der Waals surface area contributed by atoms with Gasteiger partial charge in [-0.2, -0.15) is 0 Å². The molecule has 0 bridgehead atoms. The van der Waals surface area contributed by atoms with Crippen molar-refractivity contribution in [2.75, 3.05) is 52.5 Å². The molecule has 5 heteroatoms. The molecule has 3 aliphatic heterocycles. The third-order valence-corrected chi connectivity index (χ3v) is 5.15. The van der Waals surface area contributed by atoms with E-state index in [9.17, 15) is 4.79 Å². The van der Waals surface area contributed by atoms with Crippen LogP contribution in [0, 0.1) is 5.92 Å². The van der Waals surface area contributed by atoms with E-state index in [1.807, 2.05) is 0 Å². The number of nitrogens with one attached hydrogen (secondary N) is 1. The number of morpholine rings is 1. The first kappa shape index (κ1) is 15.3. The Morgan fingerprint density at radius 3 is 2.48 bits per heavy atom. The van der Waals surface area contributed by atoms with Gasteiger partial charge in [-0.05, 0) is 38.1 Å². The number of rotatable bonds is 3. The summed E-state index contributed by atoms with van der Waals surface area (Å²) in [5.41, 5.74) is 0. The molecule has 0 aliphatic carbocycles. The first-order valence-corrected chi connectivity index (χ1v) is 8.65. The van der Waals surface area contributed by atoms with Crippen LogP contribution in [0.3, 0.4) is 0 Å². The topological polar surface area (TPSA) is 44.8 Å². The highest BCUT2D eigenvalue weighted by Crippen LogP contribution is 2.21. The van der Waals surface area contributed by atoms with Gasteiger partial charge in [0.15, 0.2) is 0 Å². The van der Waals surface area contributed by atoms with Gasteiger partial charge in [0.1, 0.15) is 0 Å². The minimum Gasteiger partial charge on any atom is -0.379 e. The molecule has 3 saturated heterocycles. The van der Waals surface area contributed by atoms with Crippen LogP contribution in [-0.2, 0) is 9.53 Å². The van der Waals surface area contributed by atoms with Crippen LogP contribution in [0.5, 0.6) is 0 Å². The summed E-state index contributed by atoms with van der Waals surface area (Å²) < 4.78 is 5.40. The number of carbonyl (C=O) groups is 1. The molecule has 0 aromatic rings. The van der Waals surface area contributed by atoms with Crippen molar-refractivity contribution in [3.63, 3.8) is 0 Å². The number of hydrogen-bond acceptors (Lipinski definition) is 4. The Kier molecular flexibility index (Phi) is 5.49. The Bertz CT molecular complexity index is 330. The van der Waals surface area contributed by atoms with Crippen LogP contribution < -0.4 is 5.32 Å². The predicted molar refractivity (Wildman–Crippen MR) is 82.2 cm³/mol. The predicted octanol–water partition coefficient (Wildman–Crippen LogP) is 0.699. The molecule has 3 aliphatic rings. The van der Waals surface area contributed by atoms with Crippen LogP contribution in [0.25, 0.3) is 0 Å². The van der Waals surface area contributed by atoms with Gasteiger partial charge < -0.3 is 15.0 Å². The maximum absolute atomic E-state index is 12.5. The summed E-state index contributed by atoms with van der Waals surface area (Å²) >= 11 is 0. The molecule has 3 fully saturated rings. The summed E-state index contributed by atoms with van der Waals surface area (Å²) in [5, 5.41) is 3.38. The molecular weight excluding hydrogens is 266 g/mol. The van der Waals surface area contributed by atoms with Crippen molar-refractivity contribution in [2.45, 2.75) is 38.1 Å². The Morgan fingerprint density at radius 2 is 1.81 bits per heavy atom. The third-order valence-electron chi connectivity index (χ3n) is 5.15. The van der Waals surface area contributed by atoms with Gasteiger partial charge in [0.05, 0.1) is 19.3 Å². The van der Waals surface area contributed by atoms with E-state index in [0.29, 0.717) is 5.91 Å². The summed E-state index contributed by atoms with van der Waals surface area (Å²) in [6, 6.07) is 0.0922. The maximum Gasteiger partial charge on any atom is 0.239 e. The highest BCUT2D eigenvalue weighted by Gasteiger charge is 2.29. The number of likely N-dealkylation sites (tertiary alicyclic amines) is 1. The summed E-state index contributed by atoms with van der Waals surface area (Å²) in [4.78, 5) is 17.1. The maximum atomic E-state index is 12.5. The third kappa shape index (κ3) is 4.18. The molecule has 1 amide bonds. The van der Waals surface area contributed by atoms with Gasteiger partial charge in [-0.3, -0.25) is 9.69 Å². The standard InChI is InChI=1S/C16H29N3O2/c20-16(15-3-1-2-6-17-15)19-7-4-14(5-8-19)13-18-9-11-21-12-10-18/h14-15,17H,1-13H2/t15-/m0/s1. The van der Waals surface area contributed by atoms with Gasteiger partial charge in [-0.25, -0.2) is 0 Å². The normalized spacial score (nSPS) is 29.5. The fourth-order valence-electron chi connectivity index (χ4n) is 3.77. The first-order valence-electron chi connectivity index (χ1n) is 8.65. The lowest BCUT2D eigenvalue weighted by atomic mass is 9.94. The summed E-state index contributed by atoms with van der Waals surface area (Å²) in [7, 11) is 0. The smallest absolute Gasteiger partial charge is 0.239 e. The van der Waals surface area contributed by atoms with Crippen LogP contribution in [0.2, 0.25) is 0 Å². The van der Waals surface area contributed by atoms with Crippen LogP contribution >= 0.6 is 0 Å². The van der Waals surface area contributed by atoms with E-state index < -0.39 is 0 Å². The molecule has 0 aromatic heterocycles. The zero-order valence-corrected chi connectivity index (χ0v) is 13.1. The van der Waals surface area contributed by atoms with E-state index in [4.69, 9.17) is 4.74 Å². The zero-order chi connectivity index (χ0) is 14.5. The van der Waals surface area contributed by atoms with Crippen molar-refractivity contribution in [1.29, 1.82) is 0 Å². The molecule has 0 spiro atoms. The van der Waals surface area contributed by atoms with Gasteiger partial charge in [0.25, 0.3) is 0 Å². The SMILES string of the molecule is O=C([C@@H]1CCCCN1)N1CCC(CN2CCOCC2)CC1. The highest BCUT2D eigenvalue weighted by atomic mass is 16.5. The molecule has 1 atom stereocenters. The Hall–Kier alpha value is -0.650. The Balaban J connectivity index is 1.40. The van der Waals surface area contributed by atoms with Crippen molar-refractivity contribution < 1.29 is 9.53 Å². The number of piperidine rings is 2. The molecular formula is C16H29N3O2. The van der Waals surface area contributed by atoms with Gasteiger partial charge in [-0.1, -0.05) is 6.42 Å². The molecule has 3 rings (SSSR count). The summed E-state index contributed by atoms with van der Waals surface area (Å²) in [6.45, 7) is 8.00. The van der Waals surface area contributed by atoms with Gasteiger partial charge in [-0.15, -0.1) is 0 Å². The van der Waals surface area contributed by atoms with Crippen molar-refractivity contribution in [1.82, 2.24) is 15.1 Å². The average molecular weight is 295 g/mol. The minimum atomic E-state index is 0.0922. The number of carbonyl (C=O) groups excluding carboxylic acids is 1. The number of hydrogen-bond donors (Lipinski definition) is 1. The number of ether oxygens (including phenoxy) is 1. The average Bonchev–Trinajstić information content (AvgIpc) is 2.57.